The molecule has 34 heavy (non-hydrogen) atoms. The van der Waals surface area contributed by atoms with E-state index in [-0.39, 0.29) is 29.8 Å². The van der Waals surface area contributed by atoms with Gasteiger partial charge >= 0.3 is 6.18 Å². The Morgan fingerprint density at radius 2 is 1.91 bits per heavy atom. The van der Waals surface area contributed by atoms with Crippen LogP contribution in [-0.2, 0) is 24.1 Å². The van der Waals surface area contributed by atoms with Crippen LogP contribution in [0.1, 0.15) is 42.1 Å². The molecule has 1 aliphatic carbocycles. The fourth-order valence-electron chi connectivity index (χ4n) is 4.10. The largest absolute Gasteiger partial charge is 0.436 e. The molecule has 1 aliphatic rings. The summed E-state index contributed by atoms with van der Waals surface area (Å²) < 4.78 is 42.6. The van der Waals surface area contributed by atoms with Gasteiger partial charge in [-0.1, -0.05) is 54.1 Å². The van der Waals surface area contributed by atoms with Crippen molar-refractivity contribution in [2.24, 2.45) is 0 Å². The molecule has 0 radical (unpaired) electrons. The lowest BCUT2D eigenvalue weighted by atomic mass is 10.0. The van der Waals surface area contributed by atoms with Gasteiger partial charge in [-0.05, 0) is 29.2 Å². The topological polar surface area (TPSA) is 64.7 Å². The highest BCUT2D eigenvalue weighted by Gasteiger charge is 2.42. The molecule has 0 bridgehead atoms. The molecular weight excluding hydrogens is 467 g/mol. The minimum absolute atomic E-state index is 0.0115. The SMILES string of the molecule is O=C(CCn1nc(C(F)(F)F)c(Cl)c1C1CC1)Nc1cnn(Cc2cccc3ccccc23)c1. The summed E-state index contributed by atoms with van der Waals surface area (Å²) in [7, 11) is 0. The summed E-state index contributed by atoms with van der Waals surface area (Å²) >= 11 is 5.98. The van der Waals surface area contributed by atoms with Crippen LogP contribution in [0.4, 0.5) is 18.9 Å². The van der Waals surface area contributed by atoms with Crippen LogP contribution < -0.4 is 5.32 Å². The second-order valence-electron chi connectivity index (χ2n) is 8.41. The van der Waals surface area contributed by atoms with Crippen molar-refractivity contribution in [3.63, 3.8) is 0 Å². The van der Waals surface area contributed by atoms with Gasteiger partial charge in [0, 0.05) is 18.5 Å². The van der Waals surface area contributed by atoms with Crippen molar-refractivity contribution in [3.05, 3.63) is 76.8 Å². The van der Waals surface area contributed by atoms with Crippen LogP contribution in [0.3, 0.4) is 0 Å². The van der Waals surface area contributed by atoms with Gasteiger partial charge in [-0.25, -0.2) is 0 Å². The Bertz CT molecular complexity index is 1350. The van der Waals surface area contributed by atoms with Crippen molar-refractivity contribution in [1.82, 2.24) is 19.6 Å². The molecule has 4 aromatic rings. The first kappa shape index (κ1) is 22.5. The predicted molar refractivity (Wildman–Crippen MR) is 123 cm³/mol. The van der Waals surface area contributed by atoms with Crippen molar-refractivity contribution in [2.75, 3.05) is 5.32 Å². The third kappa shape index (κ3) is 4.65. The van der Waals surface area contributed by atoms with E-state index in [9.17, 15) is 18.0 Å². The van der Waals surface area contributed by atoms with Crippen LogP contribution in [0.2, 0.25) is 5.02 Å². The fraction of sp³-hybridized carbons (Fsp3) is 0.292. The Morgan fingerprint density at radius 3 is 2.68 bits per heavy atom. The van der Waals surface area contributed by atoms with Gasteiger partial charge in [-0.15, -0.1) is 0 Å². The fourth-order valence-corrected chi connectivity index (χ4v) is 4.50. The van der Waals surface area contributed by atoms with E-state index >= 15 is 0 Å². The Morgan fingerprint density at radius 1 is 1.15 bits per heavy atom. The first-order valence-electron chi connectivity index (χ1n) is 10.9. The second kappa shape index (κ2) is 8.79. The number of carbonyl (C=O) groups is 1. The van der Waals surface area contributed by atoms with Gasteiger partial charge in [0.15, 0.2) is 5.69 Å². The predicted octanol–water partition coefficient (Wildman–Crippen LogP) is 5.86. The van der Waals surface area contributed by atoms with E-state index in [1.165, 1.54) is 4.68 Å². The van der Waals surface area contributed by atoms with E-state index < -0.39 is 11.9 Å². The van der Waals surface area contributed by atoms with Gasteiger partial charge < -0.3 is 5.32 Å². The Labute approximate surface area is 198 Å². The van der Waals surface area contributed by atoms with Crippen LogP contribution in [-0.4, -0.2) is 25.5 Å². The number of halogens is 4. The number of rotatable bonds is 7. The first-order chi connectivity index (χ1) is 16.3. The highest BCUT2D eigenvalue weighted by atomic mass is 35.5. The molecule has 0 aliphatic heterocycles. The lowest BCUT2D eigenvalue weighted by Gasteiger charge is -2.07. The summed E-state index contributed by atoms with van der Waals surface area (Å²) in [5.74, 6) is -0.377. The van der Waals surface area contributed by atoms with Crippen LogP contribution in [0.25, 0.3) is 10.8 Å². The van der Waals surface area contributed by atoms with Gasteiger partial charge in [0.25, 0.3) is 0 Å². The van der Waals surface area contributed by atoms with E-state index in [1.807, 2.05) is 36.4 Å². The number of carbonyl (C=O) groups excluding carboxylic acids is 1. The summed E-state index contributed by atoms with van der Waals surface area (Å²) in [6, 6.07) is 14.1. The number of nitrogens with zero attached hydrogens (tertiary/aromatic N) is 4. The maximum Gasteiger partial charge on any atom is 0.436 e. The zero-order chi connectivity index (χ0) is 23.9. The van der Waals surface area contributed by atoms with Gasteiger partial charge in [-0.2, -0.15) is 23.4 Å². The van der Waals surface area contributed by atoms with E-state index in [4.69, 9.17) is 11.6 Å². The molecule has 0 spiro atoms. The van der Waals surface area contributed by atoms with Gasteiger partial charge in [0.1, 0.15) is 0 Å². The van der Waals surface area contributed by atoms with Gasteiger partial charge in [0.2, 0.25) is 5.91 Å². The molecule has 1 saturated carbocycles. The minimum atomic E-state index is -4.63. The maximum atomic E-state index is 13.2. The van der Waals surface area contributed by atoms with Crippen LogP contribution in [0.15, 0.2) is 54.9 Å². The molecule has 1 fully saturated rings. The number of hydrogen-bond acceptors (Lipinski definition) is 3. The summed E-state index contributed by atoms with van der Waals surface area (Å²) in [4.78, 5) is 12.5. The average Bonchev–Trinajstić information content (AvgIpc) is 3.44. The van der Waals surface area contributed by atoms with Crippen molar-refractivity contribution < 1.29 is 18.0 Å². The monoisotopic (exact) mass is 487 g/mol. The number of amides is 1. The number of alkyl halides is 3. The standard InChI is InChI=1S/C24H21ClF3N5O/c25-21-22(16-8-9-16)33(31-23(21)24(26,27)28)11-10-20(34)30-18-12-29-32(14-18)13-17-6-3-5-15-4-1-2-7-19(15)17/h1-7,12,14,16H,8-11,13H2,(H,30,34). The molecule has 5 rings (SSSR count). The molecule has 2 aromatic carbocycles. The van der Waals surface area contributed by atoms with E-state index in [0.29, 0.717) is 17.9 Å². The van der Waals surface area contributed by atoms with Crippen LogP contribution in [0, 0.1) is 0 Å². The molecule has 1 N–H and O–H groups in total. The molecule has 0 unspecified atom stereocenters. The Kier molecular flexibility index (Phi) is 5.81. The molecule has 0 saturated heterocycles. The number of fused-ring (bicyclic) bond motifs is 1. The highest BCUT2D eigenvalue weighted by molar-refractivity contribution is 6.32. The smallest absolute Gasteiger partial charge is 0.323 e. The van der Waals surface area contributed by atoms with Crippen LogP contribution in [0.5, 0.6) is 0 Å². The zero-order valence-corrected chi connectivity index (χ0v) is 18.8. The van der Waals surface area contributed by atoms with Gasteiger partial charge in [-0.3, -0.25) is 14.2 Å². The van der Waals surface area contributed by atoms with E-state index in [2.05, 4.69) is 21.6 Å². The highest BCUT2D eigenvalue weighted by Crippen LogP contribution is 2.46. The number of benzene rings is 2. The molecule has 2 heterocycles. The Balaban J connectivity index is 1.23. The average molecular weight is 488 g/mol. The normalized spacial score (nSPS) is 14.0. The Hall–Kier alpha value is -3.33. The quantitative estimate of drug-likeness (QED) is 0.355. The van der Waals surface area contributed by atoms with Crippen molar-refractivity contribution in [1.29, 1.82) is 0 Å². The van der Waals surface area contributed by atoms with Crippen molar-refractivity contribution >= 4 is 34.0 Å². The summed E-state index contributed by atoms with van der Waals surface area (Å²) in [6.07, 6.45) is 0.138. The minimum Gasteiger partial charge on any atom is -0.323 e. The maximum absolute atomic E-state index is 13.2. The first-order valence-corrected chi connectivity index (χ1v) is 11.3. The zero-order valence-electron chi connectivity index (χ0n) is 18.0. The molecule has 1 amide bonds. The number of hydrogen-bond donors (Lipinski definition) is 1. The number of aromatic nitrogens is 4. The van der Waals surface area contributed by atoms with Crippen molar-refractivity contribution in [3.8, 4) is 0 Å². The lowest BCUT2D eigenvalue weighted by Crippen LogP contribution is -2.16. The molecule has 6 nitrogen and oxygen atoms in total. The lowest BCUT2D eigenvalue weighted by molar-refractivity contribution is -0.141. The molecule has 2 aromatic heterocycles. The third-order valence-corrected chi connectivity index (χ3v) is 6.22. The summed E-state index contributed by atoms with van der Waals surface area (Å²) in [5, 5.41) is 12.6. The number of nitrogens with one attached hydrogen (secondary N) is 1. The summed E-state index contributed by atoms with van der Waals surface area (Å²) in [6.45, 7) is 0.547. The number of anilines is 1. The third-order valence-electron chi connectivity index (χ3n) is 5.84. The van der Waals surface area contributed by atoms with E-state index in [1.54, 1.807) is 17.1 Å². The number of aryl methyl sites for hydroxylation is 1. The molecule has 10 heteroatoms. The molecular formula is C24H21ClF3N5O. The molecule has 176 valence electrons. The molecule has 0 atom stereocenters. The van der Waals surface area contributed by atoms with Gasteiger partial charge in [0.05, 0.1) is 35.7 Å². The summed E-state index contributed by atoms with van der Waals surface area (Å²) in [5.41, 5.74) is 0.890. The van der Waals surface area contributed by atoms with E-state index in [0.717, 1.165) is 29.2 Å². The second-order valence-corrected chi connectivity index (χ2v) is 8.78. The van der Waals surface area contributed by atoms with Crippen molar-refractivity contribution in [2.45, 2.75) is 44.4 Å². The van der Waals surface area contributed by atoms with Crippen LogP contribution >= 0.6 is 11.6 Å².